The Bertz CT molecular complexity index is 1240. The van der Waals surface area contributed by atoms with Crippen molar-refractivity contribution < 1.29 is 32.2 Å². The van der Waals surface area contributed by atoms with E-state index in [0.717, 1.165) is 11.3 Å². The van der Waals surface area contributed by atoms with Crippen molar-refractivity contribution in [1.82, 2.24) is 0 Å². The molecule has 4 rings (SSSR count). The third-order valence-corrected chi connectivity index (χ3v) is 6.24. The van der Waals surface area contributed by atoms with E-state index in [9.17, 15) is 13.2 Å². The van der Waals surface area contributed by atoms with Crippen LogP contribution in [0.4, 0.5) is 5.69 Å². The lowest BCUT2D eigenvalue weighted by Crippen LogP contribution is -2.17. The first-order valence-electron chi connectivity index (χ1n) is 10.3. The van der Waals surface area contributed by atoms with Crippen LogP contribution < -0.4 is 18.9 Å². The third-order valence-electron chi connectivity index (χ3n) is 4.86. The molecule has 1 aliphatic heterocycles. The smallest absolute Gasteiger partial charge is 0.338 e. The fourth-order valence-corrected chi connectivity index (χ4v) is 4.24. The fraction of sp³-hybridized carbons (Fsp3) is 0.208. The molecule has 0 unspecified atom stereocenters. The Morgan fingerprint density at radius 3 is 2.42 bits per heavy atom. The van der Waals surface area contributed by atoms with E-state index >= 15 is 0 Å². The molecule has 0 saturated carbocycles. The van der Waals surface area contributed by atoms with Gasteiger partial charge in [-0.1, -0.05) is 18.2 Å². The quantitative estimate of drug-likeness (QED) is 0.396. The van der Waals surface area contributed by atoms with Gasteiger partial charge >= 0.3 is 5.97 Å². The molecule has 9 heteroatoms. The average Bonchev–Trinajstić information content (AvgIpc) is 2.82. The molecule has 0 saturated heterocycles. The van der Waals surface area contributed by atoms with Crippen molar-refractivity contribution in [3.05, 3.63) is 77.9 Å². The van der Waals surface area contributed by atoms with E-state index in [2.05, 4.69) is 4.72 Å². The molecule has 33 heavy (non-hydrogen) atoms. The molecule has 1 N–H and O–H groups in total. The van der Waals surface area contributed by atoms with Crippen molar-refractivity contribution in [2.24, 2.45) is 0 Å². The van der Waals surface area contributed by atoms with Gasteiger partial charge < -0.3 is 18.9 Å². The molecular formula is C24H23NO7S. The Balaban J connectivity index is 1.32. The summed E-state index contributed by atoms with van der Waals surface area (Å²) in [5, 5.41) is 0. The molecule has 3 aromatic carbocycles. The summed E-state index contributed by atoms with van der Waals surface area (Å²) in [6, 6.07) is 18.0. The van der Waals surface area contributed by atoms with Gasteiger partial charge in [0, 0.05) is 11.8 Å². The van der Waals surface area contributed by atoms with Gasteiger partial charge in [-0.05, 0) is 55.0 Å². The van der Waals surface area contributed by atoms with Crippen LogP contribution >= 0.6 is 0 Å². The Morgan fingerprint density at radius 2 is 1.67 bits per heavy atom. The van der Waals surface area contributed by atoms with Crippen LogP contribution in [0.5, 0.6) is 17.2 Å². The Hall–Kier alpha value is -3.72. The molecule has 0 spiro atoms. The summed E-state index contributed by atoms with van der Waals surface area (Å²) in [5.41, 5.74) is 1.61. The Kier molecular flexibility index (Phi) is 6.69. The van der Waals surface area contributed by atoms with Gasteiger partial charge in [-0.15, -0.1) is 0 Å². The number of aryl methyl sites for hydroxylation is 1. The number of hydrogen-bond acceptors (Lipinski definition) is 7. The summed E-state index contributed by atoms with van der Waals surface area (Å²) >= 11 is 0. The predicted octanol–water partition coefficient (Wildman–Crippen LogP) is 3.80. The number of nitrogens with one attached hydrogen (secondary N) is 1. The molecule has 0 aliphatic carbocycles. The van der Waals surface area contributed by atoms with E-state index in [4.69, 9.17) is 18.9 Å². The van der Waals surface area contributed by atoms with Crippen LogP contribution in [-0.4, -0.2) is 40.8 Å². The molecule has 3 aromatic rings. The van der Waals surface area contributed by atoms with E-state index in [0.29, 0.717) is 36.0 Å². The van der Waals surface area contributed by atoms with E-state index in [1.54, 1.807) is 6.07 Å². The second kappa shape index (κ2) is 9.83. The number of benzene rings is 3. The molecule has 0 fully saturated rings. The lowest BCUT2D eigenvalue weighted by Gasteiger charge is -2.19. The van der Waals surface area contributed by atoms with E-state index < -0.39 is 16.0 Å². The highest BCUT2D eigenvalue weighted by Gasteiger charge is 2.19. The number of anilines is 1. The first kappa shape index (κ1) is 22.5. The number of rotatable bonds is 8. The number of sulfonamides is 1. The number of carbonyl (C=O) groups is 1. The van der Waals surface area contributed by atoms with Crippen LogP contribution in [0.1, 0.15) is 15.9 Å². The minimum absolute atomic E-state index is 0.0453. The first-order valence-corrected chi connectivity index (χ1v) is 11.8. The molecule has 1 heterocycles. The number of ether oxygens (including phenoxy) is 4. The van der Waals surface area contributed by atoms with Gasteiger partial charge in [-0.2, -0.15) is 0 Å². The summed E-state index contributed by atoms with van der Waals surface area (Å²) in [4.78, 5) is 12.3. The highest BCUT2D eigenvalue weighted by Crippen LogP contribution is 2.32. The van der Waals surface area contributed by atoms with Crippen LogP contribution in [0.2, 0.25) is 0 Å². The zero-order valence-electron chi connectivity index (χ0n) is 17.9. The maximum Gasteiger partial charge on any atom is 0.338 e. The summed E-state index contributed by atoms with van der Waals surface area (Å²) in [6.07, 6.45) is 0. The van der Waals surface area contributed by atoms with Crippen molar-refractivity contribution in [3.63, 3.8) is 0 Å². The largest absolute Gasteiger partial charge is 0.490 e. The predicted molar refractivity (Wildman–Crippen MR) is 122 cm³/mol. The van der Waals surface area contributed by atoms with Crippen molar-refractivity contribution >= 4 is 21.7 Å². The van der Waals surface area contributed by atoms with Gasteiger partial charge in [0.05, 0.1) is 10.5 Å². The van der Waals surface area contributed by atoms with Gasteiger partial charge in [0.1, 0.15) is 32.2 Å². The summed E-state index contributed by atoms with van der Waals surface area (Å²) in [7, 11) is -3.85. The zero-order valence-corrected chi connectivity index (χ0v) is 18.8. The highest BCUT2D eigenvalue weighted by molar-refractivity contribution is 7.92. The molecule has 172 valence electrons. The molecule has 0 atom stereocenters. The van der Waals surface area contributed by atoms with Gasteiger partial charge in [0.15, 0.2) is 11.5 Å². The Labute approximate surface area is 192 Å². The highest BCUT2D eigenvalue weighted by atomic mass is 32.2. The molecule has 0 bridgehead atoms. The topological polar surface area (TPSA) is 100 Å². The monoisotopic (exact) mass is 469 g/mol. The van der Waals surface area contributed by atoms with Crippen molar-refractivity contribution in [2.75, 3.05) is 31.1 Å². The van der Waals surface area contributed by atoms with Crippen molar-refractivity contribution in [1.29, 1.82) is 0 Å². The molecular weight excluding hydrogens is 446 g/mol. The van der Waals surface area contributed by atoms with E-state index in [-0.39, 0.29) is 18.1 Å². The van der Waals surface area contributed by atoms with Gasteiger partial charge in [-0.3, -0.25) is 4.72 Å². The van der Waals surface area contributed by atoms with Crippen LogP contribution in [0.15, 0.2) is 71.6 Å². The normalized spacial score (nSPS) is 12.6. The zero-order chi connectivity index (χ0) is 23.3. The first-order chi connectivity index (χ1) is 15.9. The van der Waals surface area contributed by atoms with Crippen molar-refractivity contribution in [3.8, 4) is 17.2 Å². The number of para-hydroxylation sites is 1. The van der Waals surface area contributed by atoms with Crippen LogP contribution in [0.25, 0.3) is 0 Å². The lowest BCUT2D eigenvalue weighted by atomic mass is 10.2. The van der Waals surface area contributed by atoms with Crippen molar-refractivity contribution in [2.45, 2.75) is 11.8 Å². The number of esters is 1. The molecule has 1 aliphatic rings. The summed E-state index contributed by atoms with van der Waals surface area (Å²) in [6.45, 7) is 3.03. The van der Waals surface area contributed by atoms with Crippen LogP contribution in [0.3, 0.4) is 0 Å². The molecule has 0 aromatic heterocycles. The van der Waals surface area contributed by atoms with Gasteiger partial charge in [0.2, 0.25) is 0 Å². The molecule has 0 amide bonds. The standard InChI is InChI=1S/C24H23NO7S/c1-17-4-2-3-5-21(17)29-14-15-32-24(26)18-6-8-19(9-7-18)25-33(27,28)20-10-11-22-23(16-20)31-13-12-30-22/h2-11,16,25H,12-15H2,1H3. The lowest BCUT2D eigenvalue weighted by molar-refractivity contribution is 0.0450. The fourth-order valence-electron chi connectivity index (χ4n) is 3.17. The molecule has 0 radical (unpaired) electrons. The third kappa shape index (κ3) is 5.56. The number of carbonyl (C=O) groups excluding carboxylic acids is 1. The van der Waals surface area contributed by atoms with E-state index in [1.165, 1.54) is 36.4 Å². The number of fused-ring (bicyclic) bond motifs is 1. The van der Waals surface area contributed by atoms with Gasteiger partial charge in [0.25, 0.3) is 10.0 Å². The maximum atomic E-state index is 12.7. The minimum Gasteiger partial charge on any atom is -0.490 e. The second-order valence-electron chi connectivity index (χ2n) is 7.24. The number of hydrogen-bond donors (Lipinski definition) is 1. The Morgan fingerprint density at radius 1 is 0.939 bits per heavy atom. The minimum atomic E-state index is -3.85. The van der Waals surface area contributed by atoms with Crippen LogP contribution in [-0.2, 0) is 14.8 Å². The van der Waals surface area contributed by atoms with Gasteiger partial charge in [-0.25, -0.2) is 13.2 Å². The SMILES string of the molecule is Cc1ccccc1OCCOC(=O)c1ccc(NS(=O)(=O)c2ccc3c(c2)OCCO3)cc1. The summed E-state index contributed by atoms with van der Waals surface area (Å²) < 4.78 is 49.6. The average molecular weight is 470 g/mol. The summed E-state index contributed by atoms with van der Waals surface area (Å²) in [5.74, 6) is 1.11. The van der Waals surface area contributed by atoms with E-state index in [1.807, 2.05) is 31.2 Å². The maximum absolute atomic E-state index is 12.7. The second-order valence-corrected chi connectivity index (χ2v) is 8.92. The van der Waals surface area contributed by atoms with Crippen LogP contribution in [0, 0.1) is 6.92 Å². The molecule has 8 nitrogen and oxygen atoms in total.